The van der Waals surface area contributed by atoms with E-state index >= 15 is 0 Å². The number of piperidine rings is 1. The van der Waals surface area contributed by atoms with Gasteiger partial charge in [-0.1, -0.05) is 43.2 Å². The molecule has 2 aliphatic carbocycles. The monoisotopic (exact) mass is 284 g/mol. The lowest BCUT2D eigenvalue weighted by atomic mass is 9.87. The van der Waals surface area contributed by atoms with Crippen molar-refractivity contribution in [3.63, 3.8) is 0 Å². The van der Waals surface area contributed by atoms with Crippen molar-refractivity contribution in [2.75, 3.05) is 13.1 Å². The summed E-state index contributed by atoms with van der Waals surface area (Å²) in [6.45, 7) is 2.56. The number of likely N-dealkylation sites (tertiary alicyclic amines) is 1. The van der Waals surface area contributed by atoms with Crippen LogP contribution in [0.5, 0.6) is 0 Å². The minimum absolute atomic E-state index is 0.702. The molecule has 0 bridgehead atoms. The summed E-state index contributed by atoms with van der Waals surface area (Å²) in [5, 5.41) is 3.99. The van der Waals surface area contributed by atoms with E-state index in [0.29, 0.717) is 6.04 Å². The largest absolute Gasteiger partial charge is 0.310 e. The molecule has 1 aliphatic heterocycles. The SMILES string of the molecule is c1ccc(C2CC(NC3CCCC3)CN(C3CC3)C2)cc1. The van der Waals surface area contributed by atoms with Gasteiger partial charge in [0.1, 0.15) is 0 Å². The van der Waals surface area contributed by atoms with E-state index in [1.54, 1.807) is 5.56 Å². The Labute approximate surface area is 128 Å². The van der Waals surface area contributed by atoms with Gasteiger partial charge in [0.15, 0.2) is 0 Å². The lowest BCUT2D eigenvalue weighted by Crippen LogP contribution is -2.51. The summed E-state index contributed by atoms with van der Waals surface area (Å²) >= 11 is 0. The predicted octanol–water partition coefficient (Wildman–Crippen LogP) is 3.54. The van der Waals surface area contributed by atoms with Gasteiger partial charge in [-0.25, -0.2) is 0 Å². The predicted molar refractivity (Wildman–Crippen MR) is 87.6 cm³/mol. The molecule has 2 atom stereocenters. The summed E-state index contributed by atoms with van der Waals surface area (Å²) in [5.74, 6) is 0.722. The van der Waals surface area contributed by atoms with E-state index in [1.165, 1.54) is 58.0 Å². The van der Waals surface area contributed by atoms with Gasteiger partial charge in [-0.3, -0.25) is 4.90 Å². The van der Waals surface area contributed by atoms with Gasteiger partial charge in [0, 0.05) is 31.2 Å². The minimum Gasteiger partial charge on any atom is -0.310 e. The van der Waals surface area contributed by atoms with Crippen molar-refractivity contribution < 1.29 is 0 Å². The molecule has 1 heterocycles. The van der Waals surface area contributed by atoms with E-state index in [0.717, 1.165) is 18.0 Å². The molecule has 21 heavy (non-hydrogen) atoms. The van der Waals surface area contributed by atoms with Crippen molar-refractivity contribution in [2.24, 2.45) is 0 Å². The third-order valence-electron chi connectivity index (χ3n) is 5.64. The average molecular weight is 284 g/mol. The van der Waals surface area contributed by atoms with Crippen molar-refractivity contribution >= 4 is 0 Å². The van der Waals surface area contributed by atoms with E-state index < -0.39 is 0 Å². The van der Waals surface area contributed by atoms with Crippen molar-refractivity contribution in [2.45, 2.75) is 69.0 Å². The summed E-state index contributed by atoms with van der Waals surface area (Å²) in [6.07, 6.45) is 9.84. The Hall–Kier alpha value is -0.860. The zero-order chi connectivity index (χ0) is 14.1. The fourth-order valence-electron chi connectivity index (χ4n) is 4.38. The second-order valence-corrected chi connectivity index (χ2v) is 7.37. The van der Waals surface area contributed by atoms with Crippen LogP contribution in [0, 0.1) is 0 Å². The van der Waals surface area contributed by atoms with Crippen LogP contribution in [0.2, 0.25) is 0 Å². The first-order valence-electron chi connectivity index (χ1n) is 8.93. The Morgan fingerprint density at radius 3 is 2.33 bits per heavy atom. The van der Waals surface area contributed by atoms with Crippen LogP contribution in [0.4, 0.5) is 0 Å². The molecule has 4 rings (SSSR count). The van der Waals surface area contributed by atoms with Crippen molar-refractivity contribution in [1.29, 1.82) is 0 Å². The highest BCUT2D eigenvalue weighted by Gasteiger charge is 2.37. The molecule has 114 valence electrons. The normalized spacial score (nSPS) is 31.6. The van der Waals surface area contributed by atoms with Crippen LogP contribution in [0.15, 0.2) is 30.3 Å². The molecule has 1 aromatic carbocycles. The molecule has 2 heteroatoms. The maximum atomic E-state index is 3.99. The number of benzene rings is 1. The molecule has 0 amide bonds. The molecule has 2 saturated carbocycles. The van der Waals surface area contributed by atoms with Gasteiger partial charge in [0.05, 0.1) is 0 Å². The molecule has 2 nitrogen and oxygen atoms in total. The molecule has 0 spiro atoms. The summed E-state index contributed by atoms with van der Waals surface area (Å²) in [5.41, 5.74) is 1.54. The summed E-state index contributed by atoms with van der Waals surface area (Å²) < 4.78 is 0. The molecule has 3 aliphatic rings. The van der Waals surface area contributed by atoms with Crippen LogP contribution >= 0.6 is 0 Å². The van der Waals surface area contributed by atoms with Gasteiger partial charge in [-0.2, -0.15) is 0 Å². The van der Waals surface area contributed by atoms with Crippen molar-refractivity contribution in [1.82, 2.24) is 10.2 Å². The first-order chi connectivity index (χ1) is 10.4. The quantitative estimate of drug-likeness (QED) is 0.910. The smallest absolute Gasteiger partial charge is 0.0204 e. The third kappa shape index (κ3) is 3.32. The number of nitrogens with one attached hydrogen (secondary N) is 1. The van der Waals surface area contributed by atoms with E-state index in [4.69, 9.17) is 0 Å². The maximum Gasteiger partial charge on any atom is 0.0204 e. The molecule has 1 N–H and O–H groups in total. The molecular weight excluding hydrogens is 256 g/mol. The zero-order valence-electron chi connectivity index (χ0n) is 13.0. The summed E-state index contributed by atoms with van der Waals surface area (Å²) in [6, 6.07) is 13.6. The molecule has 3 fully saturated rings. The maximum absolute atomic E-state index is 3.99. The highest BCUT2D eigenvalue weighted by atomic mass is 15.2. The number of hydrogen-bond donors (Lipinski definition) is 1. The van der Waals surface area contributed by atoms with Gasteiger partial charge in [0.25, 0.3) is 0 Å². The molecule has 0 aromatic heterocycles. The first kappa shape index (κ1) is 13.8. The average Bonchev–Trinajstić information content (AvgIpc) is 3.27. The highest BCUT2D eigenvalue weighted by Crippen LogP contribution is 2.35. The molecule has 2 unspecified atom stereocenters. The summed E-state index contributed by atoms with van der Waals surface area (Å²) in [7, 11) is 0. The Morgan fingerprint density at radius 2 is 1.62 bits per heavy atom. The Kier molecular flexibility index (Phi) is 4.00. The Balaban J connectivity index is 1.46. The van der Waals surface area contributed by atoms with Crippen LogP contribution in [0.1, 0.15) is 56.4 Å². The Morgan fingerprint density at radius 1 is 0.857 bits per heavy atom. The third-order valence-corrected chi connectivity index (χ3v) is 5.64. The van der Waals surface area contributed by atoms with Crippen LogP contribution in [0.25, 0.3) is 0 Å². The summed E-state index contributed by atoms with van der Waals surface area (Å²) in [4.78, 5) is 2.77. The van der Waals surface area contributed by atoms with Crippen molar-refractivity contribution in [3.8, 4) is 0 Å². The van der Waals surface area contributed by atoms with E-state index in [-0.39, 0.29) is 0 Å². The van der Waals surface area contributed by atoms with Gasteiger partial charge in [-0.05, 0) is 43.6 Å². The molecule has 1 saturated heterocycles. The minimum atomic E-state index is 0.702. The molecule has 0 radical (unpaired) electrons. The fraction of sp³-hybridized carbons (Fsp3) is 0.684. The van der Waals surface area contributed by atoms with E-state index in [2.05, 4.69) is 40.5 Å². The lowest BCUT2D eigenvalue weighted by molar-refractivity contribution is 0.156. The first-order valence-corrected chi connectivity index (χ1v) is 8.93. The number of rotatable bonds is 4. The number of hydrogen-bond acceptors (Lipinski definition) is 2. The highest BCUT2D eigenvalue weighted by molar-refractivity contribution is 5.21. The topological polar surface area (TPSA) is 15.3 Å². The number of nitrogens with zero attached hydrogens (tertiary/aromatic N) is 1. The van der Waals surface area contributed by atoms with Crippen molar-refractivity contribution in [3.05, 3.63) is 35.9 Å². The van der Waals surface area contributed by atoms with Crippen LogP contribution < -0.4 is 5.32 Å². The zero-order valence-corrected chi connectivity index (χ0v) is 13.0. The van der Waals surface area contributed by atoms with Crippen LogP contribution in [0.3, 0.4) is 0 Å². The lowest BCUT2D eigenvalue weighted by Gasteiger charge is -2.39. The van der Waals surface area contributed by atoms with Gasteiger partial charge in [-0.15, -0.1) is 0 Å². The van der Waals surface area contributed by atoms with Crippen LogP contribution in [-0.2, 0) is 0 Å². The second kappa shape index (κ2) is 6.10. The standard InChI is InChI=1S/C19H28N2/c1-2-6-15(7-3-1)16-12-18(20-17-8-4-5-9-17)14-21(13-16)19-10-11-19/h1-3,6-7,16-20H,4-5,8-14H2. The molecular formula is C19H28N2. The van der Waals surface area contributed by atoms with Crippen LogP contribution in [-0.4, -0.2) is 36.1 Å². The second-order valence-electron chi connectivity index (χ2n) is 7.37. The Bertz CT molecular complexity index is 446. The molecule has 1 aromatic rings. The van der Waals surface area contributed by atoms with Gasteiger partial charge in [0.2, 0.25) is 0 Å². The van der Waals surface area contributed by atoms with E-state index in [1.807, 2.05) is 0 Å². The fourth-order valence-corrected chi connectivity index (χ4v) is 4.38. The van der Waals surface area contributed by atoms with E-state index in [9.17, 15) is 0 Å². The van der Waals surface area contributed by atoms with Gasteiger partial charge < -0.3 is 5.32 Å². The van der Waals surface area contributed by atoms with Gasteiger partial charge >= 0.3 is 0 Å².